The third-order valence-electron chi connectivity index (χ3n) is 4.48. The van der Waals surface area contributed by atoms with E-state index in [-0.39, 0.29) is 0 Å². The lowest BCUT2D eigenvalue weighted by Gasteiger charge is -2.07. The SMILES string of the molecule is C[C@@H]1CSC(Nc2ccc(CCNc3nc4ccc(S(C)(=O)=O)cc4s3)cc2)=N1. The van der Waals surface area contributed by atoms with E-state index in [0.29, 0.717) is 10.9 Å². The normalized spacial score (nSPS) is 16.8. The molecule has 1 aromatic heterocycles. The first-order valence-corrected chi connectivity index (χ1v) is 13.0. The summed E-state index contributed by atoms with van der Waals surface area (Å²) in [6.45, 7) is 2.87. The number of thiazole rings is 1. The molecule has 152 valence electrons. The number of hydrogen-bond acceptors (Lipinski definition) is 8. The van der Waals surface area contributed by atoms with E-state index in [4.69, 9.17) is 0 Å². The zero-order valence-corrected chi connectivity index (χ0v) is 18.6. The van der Waals surface area contributed by atoms with Crippen LogP contribution in [0.25, 0.3) is 10.2 Å². The van der Waals surface area contributed by atoms with Crippen molar-refractivity contribution in [3.8, 4) is 0 Å². The Labute approximate surface area is 178 Å². The summed E-state index contributed by atoms with van der Waals surface area (Å²) in [5, 5.41) is 8.48. The molecule has 3 aromatic rings. The number of aliphatic imine (C=N–C) groups is 1. The summed E-state index contributed by atoms with van der Waals surface area (Å²) >= 11 is 3.23. The number of sulfone groups is 1. The van der Waals surface area contributed by atoms with Gasteiger partial charge in [-0.2, -0.15) is 0 Å². The monoisotopic (exact) mass is 446 g/mol. The van der Waals surface area contributed by atoms with Crippen molar-refractivity contribution >= 4 is 59.1 Å². The van der Waals surface area contributed by atoms with E-state index >= 15 is 0 Å². The predicted molar refractivity (Wildman–Crippen MR) is 124 cm³/mol. The van der Waals surface area contributed by atoms with Crippen molar-refractivity contribution in [2.24, 2.45) is 4.99 Å². The Balaban J connectivity index is 1.33. The average Bonchev–Trinajstić information content (AvgIpc) is 3.27. The Morgan fingerprint density at radius 2 is 1.97 bits per heavy atom. The number of hydrogen-bond donors (Lipinski definition) is 2. The van der Waals surface area contributed by atoms with E-state index in [9.17, 15) is 8.42 Å². The third-order valence-corrected chi connectivity index (χ3v) is 7.70. The van der Waals surface area contributed by atoms with Gasteiger partial charge in [0, 0.05) is 24.2 Å². The van der Waals surface area contributed by atoms with Gasteiger partial charge in [-0.15, -0.1) is 0 Å². The molecule has 1 aliphatic rings. The van der Waals surface area contributed by atoms with Crippen LogP contribution in [0.2, 0.25) is 0 Å². The minimum atomic E-state index is -3.21. The quantitative estimate of drug-likeness (QED) is 0.589. The fourth-order valence-electron chi connectivity index (χ4n) is 2.95. The summed E-state index contributed by atoms with van der Waals surface area (Å²) in [4.78, 5) is 9.40. The van der Waals surface area contributed by atoms with Gasteiger partial charge in [-0.05, 0) is 49.2 Å². The van der Waals surface area contributed by atoms with Crippen LogP contribution >= 0.6 is 23.1 Å². The third kappa shape index (κ3) is 5.09. The van der Waals surface area contributed by atoms with Gasteiger partial charge in [-0.3, -0.25) is 4.99 Å². The highest BCUT2D eigenvalue weighted by atomic mass is 32.2. The Bertz CT molecular complexity index is 1150. The summed E-state index contributed by atoms with van der Waals surface area (Å²) in [7, 11) is -3.21. The molecule has 0 bridgehead atoms. The lowest BCUT2D eigenvalue weighted by atomic mass is 10.1. The van der Waals surface area contributed by atoms with Crippen molar-refractivity contribution in [1.29, 1.82) is 0 Å². The van der Waals surface area contributed by atoms with E-state index in [1.807, 2.05) is 0 Å². The molecule has 1 aliphatic heterocycles. The van der Waals surface area contributed by atoms with Crippen molar-refractivity contribution < 1.29 is 8.42 Å². The van der Waals surface area contributed by atoms with Gasteiger partial charge in [0.2, 0.25) is 0 Å². The number of nitrogens with zero attached hydrogens (tertiary/aromatic N) is 2. The zero-order chi connectivity index (χ0) is 20.4. The number of benzene rings is 2. The zero-order valence-electron chi connectivity index (χ0n) is 16.2. The van der Waals surface area contributed by atoms with E-state index in [1.54, 1.807) is 30.0 Å². The van der Waals surface area contributed by atoms with Crippen molar-refractivity contribution in [2.45, 2.75) is 24.3 Å². The van der Waals surface area contributed by atoms with Crippen molar-refractivity contribution in [1.82, 2.24) is 4.98 Å². The molecule has 0 amide bonds. The first-order valence-electron chi connectivity index (χ1n) is 9.28. The van der Waals surface area contributed by atoms with Crippen LogP contribution in [0.1, 0.15) is 12.5 Å². The standard InChI is InChI=1S/C20H22N4O2S3/c1-13-12-27-20(22-13)23-15-5-3-14(4-6-15)9-10-21-19-24-17-8-7-16(29(2,25)26)11-18(17)28-19/h3-8,11,13H,9-10,12H2,1-2H3,(H,21,24)(H,22,23)/t13-/m1/s1. The van der Waals surface area contributed by atoms with Crippen LogP contribution in [0.3, 0.4) is 0 Å². The molecule has 0 spiro atoms. The number of nitrogens with one attached hydrogen (secondary N) is 2. The maximum absolute atomic E-state index is 11.7. The minimum absolute atomic E-state index is 0.324. The van der Waals surface area contributed by atoms with Gasteiger partial charge >= 0.3 is 0 Å². The number of aromatic nitrogens is 1. The van der Waals surface area contributed by atoms with E-state index in [1.165, 1.54) is 23.2 Å². The Hall–Kier alpha value is -2.10. The highest BCUT2D eigenvalue weighted by Gasteiger charge is 2.13. The highest BCUT2D eigenvalue weighted by Crippen LogP contribution is 2.28. The lowest BCUT2D eigenvalue weighted by molar-refractivity contribution is 0.602. The summed E-state index contributed by atoms with van der Waals surface area (Å²) in [5.74, 6) is 1.04. The molecule has 0 radical (unpaired) electrons. The molecule has 2 N–H and O–H groups in total. The lowest BCUT2D eigenvalue weighted by Crippen LogP contribution is -2.06. The van der Waals surface area contributed by atoms with Crippen LogP contribution in [-0.2, 0) is 16.3 Å². The minimum Gasteiger partial charge on any atom is -0.361 e. The topological polar surface area (TPSA) is 83.5 Å². The average molecular weight is 447 g/mol. The number of thioether (sulfide) groups is 1. The molecule has 6 nitrogen and oxygen atoms in total. The van der Waals surface area contributed by atoms with Gasteiger partial charge in [0.15, 0.2) is 20.1 Å². The number of fused-ring (bicyclic) bond motifs is 1. The van der Waals surface area contributed by atoms with E-state index < -0.39 is 9.84 Å². The second kappa shape index (κ2) is 8.33. The second-order valence-corrected chi connectivity index (χ2v) is 11.1. The van der Waals surface area contributed by atoms with Gasteiger partial charge in [0.25, 0.3) is 0 Å². The van der Waals surface area contributed by atoms with Gasteiger partial charge in [-0.1, -0.05) is 35.2 Å². The van der Waals surface area contributed by atoms with Gasteiger partial charge in [-0.25, -0.2) is 13.4 Å². The smallest absolute Gasteiger partial charge is 0.183 e. The Morgan fingerprint density at radius 3 is 2.66 bits per heavy atom. The second-order valence-electron chi connectivity index (χ2n) is 7.01. The maximum atomic E-state index is 11.7. The molecule has 0 unspecified atom stereocenters. The van der Waals surface area contributed by atoms with Crippen molar-refractivity contribution in [2.75, 3.05) is 29.2 Å². The van der Waals surface area contributed by atoms with Crippen LogP contribution in [0.15, 0.2) is 52.4 Å². The first kappa shape index (κ1) is 20.2. The van der Waals surface area contributed by atoms with Crippen LogP contribution in [-0.4, -0.2) is 43.2 Å². The first-order chi connectivity index (χ1) is 13.9. The van der Waals surface area contributed by atoms with Gasteiger partial charge in [0.1, 0.15) is 0 Å². The molecule has 4 rings (SSSR count). The number of amidine groups is 1. The molecule has 1 atom stereocenters. The number of rotatable bonds is 6. The Morgan fingerprint density at radius 1 is 1.17 bits per heavy atom. The fourth-order valence-corrected chi connectivity index (χ4v) is 5.52. The van der Waals surface area contributed by atoms with Crippen molar-refractivity contribution in [3.63, 3.8) is 0 Å². The van der Waals surface area contributed by atoms with E-state index in [0.717, 1.165) is 44.9 Å². The molecule has 2 aromatic carbocycles. The predicted octanol–water partition coefficient (Wildman–Crippen LogP) is 4.26. The molecule has 0 saturated carbocycles. The van der Waals surface area contributed by atoms with Gasteiger partial charge in [0.05, 0.1) is 21.2 Å². The molecule has 0 aliphatic carbocycles. The van der Waals surface area contributed by atoms with Crippen LogP contribution < -0.4 is 10.6 Å². The summed E-state index contributed by atoms with van der Waals surface area (Å²) < 4.78 is 24.3. The molecular weight excluding hydrogens is 424 g/mol. The molecule has 9 heteroatoms. The van der Waals surface area contributed by atoms with Crippen molar-refractivity contribution in [3.05, 3.63) is 48.0 Å². The number of anilines is 2. The molecule has 0 fully saturated rings. The molecule has 2 heterocycles. The summed E-state index contributed by atoms with van der Waals surface area (Å²) in [6.07, 6.45) is 2.09. The Kier molecular flexibility index (Phi) is 5.80. The molecule has 0 saturated heterocycles. The van der Waals surface area contributed by atoms with Crippen LogP contribution in [0.5, 0.6) is 0 Å². The van der Waals surface area contributed by atoms with E-state index in [2.05, 4.69) is 51.8 Å². The summed E-state index contributed by atoms with van der Waals surface area (Å²) in [5.41, 5.74) is 3.09. The van der Waals surface area contributed by atoms with Crippen LogP contribution in [0.4, 0.5) is 10.8 Å². The molecule has 29 heavy (non-hydrogen) atoms. The van der Waals surface area contributed by atoms with Crippen LogP contribution in [0, 0.1) is 0 Å². The highest BCUT2D eigenvalue weighted by molar-refractivity contribution is 8.14. The fraction of sp³-hybridized carbons (Fsp3) is 0.300. The summed E-state index contributed by atoms with van der Waals surface area (Å²) in [6, 6.07) is 13.8. The maximum Gasteiger partial charge on any atom is 0.183 e. The largest absolute Gasteiger partial charge is 0.361 e. The van der Waals surface area contributed by atoms with Gasteiger partial charge < -0.3 is 10.6 Å². The molecular formula is C20H22N4O2S3.